The van der Waals surface area contributed by atoms with Gasteiger partial charge in [-0.05, 0) is 25.7 Å². The van der Waals surface area contributed by atoms with Crippen LogP contribution in [0, 0.1) is 5.41 Å². The van der Waals surface area contributed by atoms with Gasteiger partial charge in [-0.15, -0.1) is 0 Å². The first-order valence-electron chi connectivity index (χ1n) is 7.93. The van der Waals surface area contributed by atoms with Crippen LogP contribution in [-0.2, 0) is 14.3 Å². The standard InChI is InChI=1S/C15H26N2O5/c1-21-9-3-5-15(13(18)19)4-2-6-17(12-15)14(20)16-7-10-22-11-8-16/h2-12H2,1H3,(H,18,19)/t15-/m0/s1. The van der Waals surface area contributed by atoms with Gasteiger partial charge in [-0.1, -0.05) is 0 Å². The highest BCUT2D eigenvalue weighted by Gasteiger charge is 2.43. The van der Waals surface area contributed by atoms with E-state index in [0.29, 0.717) is 65.3 Å². The van der Waals surface area contributed by atoms with Crippen molar-refractivity contribution in [2.24, 2.45) is 5.41 Å². The first kappa shape index (κ1) is 17.0. The zero-order chi connectivity index (χ0) is 16.0. The lowest BCUT2D eigenvalue weighted by atomic mass is 9.76. The Morgan fingerprint density at radius 3 is 2.59 bits per heavy atom. The molecule has 126 valence electrons. The largest absolute Gasteiger partial charge is 0.481 e. The van der Waals surface area contributed by atoms with Crippen LogP contribution in [0.3, 0.4) is 0 Å². The molecule has 1 atom stereocenters. The zero-order valence-electron chi connectivity index (χ0n) is 13.3. The summed E-state index contributed by atoms with van der Waals surface area (Å²) in [6.07, 6.45) is 2.60. The SMILES string of the molecule is COCCC[C@@]1(C(=O)O)CCCN(C(=O)N2CCOCC2)C1. The van der Waals surface area contributed by atoms with Crippen molar-refractivity contribution in [2.45, 2.75) is 25.7 Å². The van der Waals surface area contributed by atoms with Gasteiger partial charge in [0.25, 0.3) is 0 Å². The summed E-state index contributed by atoms with van der Waals surface area (Å²) >= 11 is 0. The average Bonchev–Trinajstić information content (AvgIpc) is 2.55. The number of aliphatic carboxylic acids is 1. The number of hydrogen-bond donors (Lipinski definition) is 1. The second-order valence-corrected chi connectivity index (χ2v) is 6.09. The number of methoxy groups -OCH3 is 1. The highest BCUT2D eigenvalue weighted by atomic mass is 16.5. The summed E-state index contributed by atoms with van der Waals surface area (Å²) in [6, 6.07) is -0.0552. The van der Waals surface area contributed by atoms with Gasteiger partial charge in [-0.25, -0.2) is 4.79 Å². The maximum Gasteiger partial charge on any atom is 0.320 e. The topological polar surface area (TPSA) is 79.3 Å². The molecule has 2 fully saturated rings. The summed E-state index contributed by atoms with van der Waals surface area (Å²) in [7, 11) is 1.61. The van der Waals surface area contributed by atoms with Crippen molar-refractivity contribution < 1.29 is 24.2 Å². The molecule has 0 aromatic carbocycles. The molecule has 22 heavy (non-hydrogen) atoms. The number of morpholine rings is 1. The van der Waals surface area contributed by atoms with Crippen LogP contribution in [0.2, 0.25) is 0 Å². The summed E-state index contributed by atoms with van der Waals surface area (Å²) in [4.78, 5) is 27.8. The molecule has 0 saturated carbocycles. The van der Waals surface area contributed by atoms with Crippen LogP contribution in [0.25, 0.3) is 0 Å². The third kappa shape index (κ3) is 3.89. The fraction of sp³-hybridized carbons (Fsp3) is 0.867. The molecule has 7 nitrogen and oxygen atoms in total. The Labute approximate surface area is 131 Å². The van der Waals surface area contributed by atoms with Crippen LogP contribution in [-0.4, -0.2) is 80.0 Å². The average molecular weight is 314 g/mol. The maximum atomic E-state index is 12.6. The van der Waals surface area contributed by atoms with Gasteiger partial charge in [-0.3, -0.25) is 4.79 Å². The number of piperidine rings is 1. The van der Waals surface area contributed by atoms with Gasteiger partial charge in [0.1, 0.15) is 0 Å². The number of likely N-dealkylation sites (tertiary alicyclic amines) is 1. The quantitative estimate of drug-likeness (QED) is 0.767. The minimum absolute atomic E-state index is 0.0552. The number of carboxylic acids is 1. The smallest absolute Gasteiger partial charge is 0.320 e. The third-order valence-electron chi connectivity index (χ3n) is 4.59. The molecule has 0 unspecified atom stereocenters. The number of ether oxygens (including phenoxy) is 2. The number of hydrogen-bond acceptors (Lipinski definition) is 4. The first-order chi connectivity index (χ1) is 10.6. The van der Waals surface area contributed by atoms with E-state index in [1.165, 1.54) is 0 Å². The molecular formula is C15H26N2O5. The van der Waals surface area contributed by atoms with Gasteiger partial charge in [0.15, 0.2) is 0 Å². The van der Waals surface area contributed by atoms with Gasteiger partial charge >= 0.3 is 12.0 Å². The Balaban J connectivity index is 2.00. The van der Waals surface area contributed by atoms with Crippen molar-refractivity contribution in [2.75, 3.05) is 53.1 Å². The van der Waals surface area contributed by atoms with E-state index in [0.717, 1.165) is 6.42 Å². The number of rotatable bonds is 5. The molecular weight excluding hydrogens is 288 g/mol. The Hall–Kier alpha value is -1.34. The molecule has 2 aliphatic heterocycles. The van der Waals surface area contributed by atoms with E-state index in [-0.39, 0.29) is 6.03 Å². The summed E-state index contributed by atoms with van der Waals surface area (Å²) < 4.78 is 10.3. The van der Waals surface area contributed by atoms with Crippen LogP contribution in [0.1, 0.15) is 25.7 Å². The van der Waals surface area contributed by atoms with E-state index in [2.05, 4.69) is 0 Å². The van der Waals surface area contributed by atoms with Crippen molar-refractivity contribution >= 4 is 12.0 Å². The van der Waals surface area contributed by atoms with E-state index in [9.17, 15) is 14.7 Å². The Bertz CT molecular complexity index is 397. The molecule has 2 saturated heterocycles. The van der Waals surface area contributed by atoms with Gasteiger partial charge in [0, 0.05) is 39.9 Å². The minimum atomic E-state index is -0.835. The molecule has 1 N–H and O–H groups in total. The fourth-order valence-corrected chi connectivity index (χ4v) is 3.29. The number of carboxylic acid groups (broad SMARTS) is 1. The number of nitrogens with zero attached hydrogens (tertiary/aromatic N) is 2. The molecule has 2 aliphatic rings. The van der Waals surface area contributed by atoms with Gasteiger partial charge in [0.2, 0.25) is 0 Å². The summed E-state index contributed by atoms with van der Waals surface area (Å²) in [5.41, 5.74) is -0.835. The Morgan fingerprint density at radius 2 is 1.95 bits per heavy atom. The van der Waals surface area contributed by atoms with E-state index in [1.54, 1.807) is 16.9 Å². The monoisotopic (exact) mass is 314 g/mol. The van der Waals surface area contributed by atoms with Gasteiger partial charge in [0.05, 0.1) is 18.6 Å². The highest BCUT2D eigenvalue weighted by molar-refractivity contribution is 5.79. The van der Waals surface area contributed by atoms with Crippen LogP contribution in [0.15, 0.2) is 0 Å². The summed E-state index contributed by atoms with van der Waals surface area (Å²) in [6.45, 7) is 3.75. The molecule has 0 aromatic rings. The summed E-state index contributed by atoms with van der Waals surface area (Å²) in [5, 5.41) is 9.69. The highest BCUT2D eigenvalue weighted by Crippen LogP contribution is 2.35. The number of amides is 2. The Morgan fingerprint density at radius 1 is 1.23 bits per heavy atom. The lowest BCUT2D eigenvalue weighted by molar-refractivity contribution is -0.152. The number of carbonyl (C=O) groups excluding carboxylic acids is 1. The number of carbonyl (C=O) groups is 2. The second-order valence-electron chi connectivity index (χ2n) is 6.09. The lowest BCUT2D eigenvalue weighted by Gasteiger charge is -2.42. The lowest BCUT2D eigenvalue weighted by Crippen LogP contribution is -2.55. The molecule has 0 aliphatic carbocycles. The van der Waals surface area contributed by atoms with Crippen LogP contribution in [0.5, 0.6) is 0 Å². The molecule has 2 rings (SSSR count). The predicted molar refractivity (Wildman–Crippen MR) is 79.8 cm³/mol. The minimum Gasteiger partial charge on any atom is -0.481 e. The molecule has 2 heterocycles. The van der Waals surface area contributed by atoms with Crippen LogP contribution in [0.4, 0.5) is 4.79 Å². The van der Waals surface area contributed by atoms with Crippen molar-refractivity contribution in [1.29, 1.82) is 0 Å². The van der Waals surface area contributed by atoms with E-state index in [1.807, 2.05) is 0 Å². The van der Waals surface area contributed by atoms with E-state index in [4.69, 9.17) is 9.47 Å². The number of urea groups is 1. The normalized spacial score (nSPS) is 26.0. The van der Waals surface area contributed by atoms with Gasteiger partial charge in [-0.2, -0.15) is 0 Å². The van der Waals surface area contributed by atoms with E-state index >= 15 is 0 Å². The van der Waals surface area contributed by atoms with Gasteiger partial charge < -0.3 is 24.4 Å². The molecule has 0 spiro atoms. The van der Waals surface area contributed by atoms with Crippen LogP contribution >= 0.6 is 0 Å². The second kappa shape index (κ2) is 7.78. The molecule has 0 aromatic heterocycles. The maximum absolute atomic E-state index is 12.6. The van der Waals surface area contributed by atoms with E-state index < -0.39 is 11.4 Å². The van der Waals surface area contributed by atoms with Crippen LogP contribution < -0.4 is 0 Å². The van der Waals surface area contributed by atoms with Crippen molar-refractivity contribution in [3.8, 4) is 0 Å². The van der Waals surface area contributed by atoms with Crippen molar-refractivity contribution in [3.05, 3.63) is 0 Å². The molecule has 7 heteroatoms. The fourth-order valence-electron chi connectivity index (χ4n) is 3.29. The molecule has 2 amide bonds. The van der Waals surface area contributed by atoms with Crippen molar-refractivity contribution in [1.82, 2.24) is 9.80 Å². The predicted octanol–water partition coefficient (Wildman–Crippen LogP) is 1.03. The zero-order valence-corrected chi connectivity index (χ0v) is 13.3. The molecule has 0 radical (unpaired) electrons. The third-order valence-corrected chi connectivity index (χ3v) is 4.59. The first-order valence-corrected chi connectivity index (χ1v) is 7.93. The Kier molecular flexibility index (Phi) is 6.02. The van der Waals surface area contributed by atoms with Crippen molar-refractivity contribution in [3.63, 3.8) is 0 Å². The summed E-state index contributed by atoms with van der Waals surface area (Å²) in [5.74, 6) is -0.803. The molecule has 0 bridgehead atoms.